The predicted molar refractivity (Wildman–Crippen MR) is 55.9 cm³/mol. The molecule has 0 aliphatic carbocycles. The molecule has 0 aliphatic rings. The van der Waals surface area contributed by atoms with Gasteiger partial charge in [0, 0.05) is 12.6 Å². The van der Waals surface area contributed by atoms with E-state index in [1.807, 2.05) is 6.92 Å². The minimum atomic E-state index is -0.444. The molecular weight excluding hydrogens is 194 g/mol. The third-order valence-corrected chi connectivity index (χ3v) is 2.13. The molecule has 0 aliphatic heterocycles. The molecule has 15 heavy (non-hydrogen) atoms. The van der Waals surface area contributed by atoms with E-state index in [0.29, 0.717) is 11.1 Å². The number of esters is 1. The minimum absolute atomic E-state index is 0.210. The Morgan fingerprint density at radius 3 is 2.53 bits per heavy atom. The summed E-state index contributed by atoms with van der Waals surface area (Å²) in [4.78, 5) is 22.7. The fraction of sp³-hybridized carbons (Fsp3) is 0.273. The zero-order chi connectivity index (χ0) is 11.4. The molecular formula is C11H13NO3. The summed E-state index contributed by atoms with van der Waals surface area (Å²) in [6.45, 7) is 1.81. The van der Waals surface area contributed by atoms with Gasteiger partial charge in [0.25, 0.3) is 5.91 Å². The molecule has 1 aromatic carbocycles. The van der Waals surface area contributed by atoms with Crippen molar-refractivity contribution in [1.82, 2.24) is 5.32 Å². The highest BCUT2D eigenvalue weighted by atomic mass is 16.5. The van der Waals surface area contributed by atoms with E-state index < -0.39 is 5.97 Å². The van der Waals surface area contributed by atoms with Crippen LogP contribution in [0.1, 0.15) is 26.3 Å². The van der Waals surface area contributed by atoms with Crippen molar-refractivity contribution >= 4 is 11.9 Å². The summed E-state index contributed by atoms with van der Waals surface area (Å²) in [5.41, 5.74) is 1.68. The molecule has 0 spiro atoms. The average molecular weight is 207 g/mol. The number of nitrogens with one attached hydrogen (secondary N) is 1. The molecule has 0 heterocycles. The molecule has 1 rings (SSSR count). The largest absolute Gasteiger partial charge is 0.465 e. The lowest BCUT2D eigenvalue weighted by atomic mass is 10.0. The highest BCUT2D eigenvalue weighted by Crippen LogP contribution is 2.11. The van der Waals surface area contributed by atoms with E-state index in [1.165, 1.54) is 13.2 Å². The lowest BCUT2D eigenvalue weighted by Crippen LogP contribution is -2.19. The van der Waals surface area contributed by atoms with Gasteiger partial charge in [0.05, 0.1) is 12.7 Å². The zero-order valence-electron chi connectivity index (χ0n) is 8.96. The average Bonchev–Trinajstić information content (AvgIpc) is 2.27. The molecule has 0 fully saturated rings. The Hall–Kier alpha value is -1.84. The number of ether oxygens (including phenoxy) is 1. The Labute approximate surface area is 88.2 Å². The Bertz CT molecular complexity index is 399. The molecule has 0 saturated carbocycles. The van der Waals surface area contributed by atoms with Crippen LogP contribution in [0.3, 0.4) is 0 Å². The van der Waals surface area contributed by atoms with Gasteiger partial charge in [0.15, 0.2) is 0 Å². The minimum Gasteiger partial charge on any atom is -0.465 e. The fourth-order valence-electron chi connectivity index (χ4n) is 1.25. The maximum absolute atomic E-state index is 11.4. The number of carbonyl (C=O) groups is 2. The number of aryl methyl sites for hydroxylation is 1. The van der Waals surface area contributed by atoms with Crippen molar-refractivity contribution in [1.29, 1.82) is 0 Å². The van der Waals surface area contributed by atoms with Gasteiger partial charge in [-0.2, -0.15) is 0 Å². The van der Waals surface area contributed by atoms with Crippen LogP contribution >= 0.6 is 0 Å². The van der Waals surface area contributed by atoms with Crippen LogP contribution in [0, 0.1) is 6.92 Å². The van der Waals surface area contributed by atoms with Crippen molar-refractivity contribution in [3.8, 4) is 0 Å². The van der Waals surface area contributed by atoms with Crippen LogP contribution in [0.15, 0.2) is 18.2 Å². The van der Waals surface area contributed by atoms with Gasteiger partial charge >= 0.3 is 5.97 Å². The first-order valence-electron chi connectivity index (χ1n) is 4.51. The first kappa shape index (κ1) is 11.2. The molecule has 1 N–H and O–H groups in total. The van der Waals surface area contributed by atoms with Crippen molar-refractivity contribution in [3.05, 3.63) is 34.9 Å². The van der Waals surface area contributed by atoms with E-state index in [2.05, 4.69) is 10.1 Å². The van der Waals surface area contributed by atoms with E-state index in [0.717, 1.165) is 5.56 Å². The standard InChI is InChI=1S/C11H13NO3/c1-7-4-5-8(11(14)15-3)6-9(7)10(13)12-2/h4-6H,1-3H3,(H,12,13). The molecule has 0 radical (unpaired) electrons. The Balaban J connectivity index is 3.16. The van der Waals surface area contributed by atoms with Crippen molar-refractivity contribution in [2.45, 2.75) is 6.92 Å². The van der Waals surface area contributed by atoms with Gasteiger partial charge in [-0.15, -0.1) is 0 Å². The molecule has 0 saturated heterocycles. The van der Waals surface area contributed by atoms with Crippen LogP contribution in [0.5, 0.6) is 0 Å². The normalized spacial score (nSPS) is 9.53. The summed E-state index contributed by atoms with van der Waals surface area (Å²) in [5, 5.41) is 2.52. The van der Waals surface area contributed by atoms with Gasteiger partial charge < -0.3 is 10.1 Å². The Morgan fingerprint density at radius 2 is 2.00 bits per heavy atom. The van der Waals surface area contributed by atoms with Crippen LogP contribution in [0.2, 0.25) is 0 Å². The van der Waals surface area contributed by atoms with Crippen molar-refractivity contribution in [2.75, 3.05) is 14.2 Å². The number of rotatable bonds is 2. The lowest BCUT2D eigenvalue weighted by molar-refractivity contribution is 0.0600. The van der Waals surface area contributed by atoms with E-state index >= 15 is 0 Å². The monoisotopic (exact) mass is 207 g/mol. The van der Waals surface area contributed by atoms with E-state index in [-0.39, 0.29) is 5.91 Å². The number of carbonyl (C=O) groups excluding carboxylic acids is 2. The van der Waals surface area contributed by atoms with Crippen molar-refractivity contribution < 1.29 is 14.3 Å². The molecule has 1 amide bonds. The van der Waals surface area contributed by atoms with Gasteiger partial charge in [0.2, 0.25) is 0 Å². The van der Waals surface area contributed by atoms with Gasteiger partial charge in [-0.25, -0.2) is 4.79 Å². The number of methoxy groups -OCH3 is 1. The molecule has 0 unspecified atom stereocenters. The highest BCUT2D eigenvalue weighted by molar-refractivity contribution is 5.98. The maximum Gasteiger partial charge on any atom is 0.337 e. The van der Waals surface area contributed by atoms with E-state index in [9.17, 15) is 9.59 Å². The molecule has 0 aromatic heterocycles. The number of amides is 1. The van der Waals surface area contributed by atoms with E-state index in [1.54, 1.807) is 19.2 Å². The molecule has 4 heteroatoms. The van der Waals surface area contributed by atoms with Crippen molar-refractivity contribution in [3.63, 3.8) is 0 Å². The smallest absolute Gasteiger partial charge is 0.337 e. The van der Waals surface area contributed by atoms with Gasteiger partial charge in [-0.1, -0.05) is 6.07 Å². The second-order valence-electron chi connectivity index (χ2n) is 3.10. The second kappa shape index (κ2) is 4.59. The lowest BCUT2D eigenvalue weighted by Gasteiger charge is -2.06. The second-order valence-corrected chi connectivity index (χ2v) is 3.10. The topological polar surface area (TPSA) is 55.4 Å². The third-order valence-electron chi connectivity index (χ3n) is 2.13. The molecule has 80 valence electrons. The highest BCUT2D eigenvalue weighted by Gasteiger charge is 2.11. The molecule has 4 nitrogen and oxygen atoms in total. The van der Waals surface area contributed by atoms with Gasteiger partial charge in [-0.3, -0.25) is 4.79 Å². The summed E-state index contributed by atoms with van der Waals surface area (Å²) >= 11 is 0. The summed E-state index contributed by atoms with van der Waals surface area (Å²) in [7, 11) is 2.86. The summed E-state index contributed by atoms with van der Waals surface area (Å²) in [6, 6.07) is 4.88. The number of hydrogen-bond acceptors (Lipinski definition) is 3. The molecule has 0 bridgehead atoms. The summed E-state index contributed by atoms with van der Waals surface area (Å²) < 4.78 is 4.57. The summed E-state index contributed by atoms with van der Waals surface area (Å²) in [5.74, 6) is -0.654. The third kappa shape index (κ3) is 2.34. The maximum atomic E-state index is 11.4. The van der Waals surface area contributed by atoms with Crippen LogP contribution in [0.4, 0.5) is 0 Å². The van der Waals surface area contributed by atoms with Crippen LogP contribution in [-0.4, -0.2) is 26.0 Å². The number of hydrogen-bond donors (Lipinski definition) is 1. The first-order chi connectivity index (χ1) is 7.10. The SMILES string of the molecule is CNC(=O)c1cc(C(=O)OC)ccc1C. The van der Waals surface area contributed by atoms with Crippen LogP contribution in [0.25, 0.3) is 0 Å². The first-order valence-corrected chi connectivity index (χ1v) is 4.51. The number of benzene rings is 1. The molecule has 1 aromatic rings. The fourth-order valence-corrected chi connectivity index (χ4v) is 1.25. The zero-order valence-corrected chi connectivity index (χ0v) is 8.96. The molecule has 0 atom stereocenters. The predicted octanol–water partition coefficient (Wildman–Crippen LogP) is 1.14. The van der Waals surface area contributed by atoms with Crippen molar-refractivity contribution in [2.24, 2.45) is 0 Å². The summed E-state index contributed by atoms with van der Waals surface area (Å²) in [6.07, 6.45) is 0. The van der Waals surface area contributed by atoms with E-state index in [4.69, 9.17) is 0 Å². The van der Waals surface area contributed by atoms with Crippen LogP contribution in [-0.2, 0) is 4.74 Å². The quantitative estimate of drug-likeness (QED) is 0.740. The van der Waals surface area contributed by atoms with Gasteiger partial charge in [0.1, 0.15) is 0 Å². The van der Waals surface area contributed by atoms with Gasteiger partial charge in [-0.05, 0) is 24.6 Å². The Kier molecular flexibility index (Phi) is 3.44. The van der Waals surface area contributed by atoms with Crippen LogP contribution < -0.4 is 5.32 Å². The Morgan fingerprint density at radius 1 is 1.33 bits per heavy atom.